The van der Waals surface area contributed by atoms with Gasteiger partial charge in [-0.2, -0.15) is 0 Å². The van der Waals surface area contributed by atoms with Crippen LogP contribution in [0.2, 0.25) is 0 Å². The summed E-state index contributed by atoms with van der Waals surface area (Å²) in [6, 6.07) is 10.2. The largest absolute Gasteiger partial charge is 0.336 e. The van der Waals surface area contributed by atoms with Crippen LogP contribution in [0.25, 0.3) is 0 Å². The molecule has 3 rings (SSSR count). The van der Waals surface area contributed by atoms with Crippen LogP contribution in [0.15, 0.2) is 42.7 Å². The van der Waals surface area contributed by atoms with Crippen LogP contribution in [0.5, 0.6) is 0 Å². The van der Waals surface area contributed by atoms with E-state index in [0.29, 0.717) is 12.4 Å². The van der Waals surface area contributed by atoms with Gasteiger partial charge in [-0.3, -0.25) is 4.79 Å². The van der Waals surface area contributed by atoms with E-state index in [9.17, 15) is 4.79 Å². The molecule has 1 amide bonds. The van der Waals surface area contributed by atoms with E-state index >= 15 is 0 Å². The first-order chi connectivity index (χ1) is 10.8. The minimum absolute atomic E-state index is 0.0721. The van der Waals surface area contributed by atoms with Gasteiger partial charge >= 0.3 is 0 Å². The number of aromatic nitrogens is 2. The van der Waals surface area contributed by atoms with Crippen molar-refractivity contribution in [3.8, 4) is 0 Å². The second kappa shape index (κ2) is 7.25. The molecule has 0 atom stereocenters. The third-order valence-corrected chi connectivity index (χ3v) is 4.25. The molecule has 4 nitrogen and oxygen atoms in total. The van der Waals surface area contributed by atoms with Gasteiger partial charge in [-0.25, -0.2) is 4.98 Å². The Labute approximate surface area is 131 Å². The summed E-state index contributed by atoms with van der Waals surface area (Å²) in [5.41, 5.74) is 1.18. The SMILES string of the molecule is O=C(c1nccn1Cc1ccccc1)N1CCCCCCC1. The number of amides is 1. The Morgan fingerprint density at radius 1 is 1.00 bits per heavy atom. The summed E-state index contributed by atoms with van der Waals surface area (Å²) in [6.45, 7) is 2.41. The molecule has 1 aliphatic rings. The third kappa shape index (κ3) is 3.56. The van der Waals surface area contributed by atoms with Crippen molar-refractivity contribution >= 4 is 5.91 Å². The smallest absolute Gasteiger partial charge is 0.289 e. The molecule has 2 aromatic rings. The summed E-state index contributed by atoms with van der Waals surface area (Å²) < 4.78 is 1.95. The maximum Gasteiger partial charge on any atom is 0.289 e. The van der Waals surface area contributed by atoms with Gasteiger partial charge in [0.1, 0.15) is 0 Å². The van der Waals surface area contributed by atoms with Crippen molar-refractivity contribution < 1.29 is 4.79 Å². The molecule has 1 aromatic carbocycles. The van der Waals surface area contributed by atoms with Gasteiger partial charge in [0.2, 0.25) is 0 Å². The van der Waals surface area contributed by atoms with Crippen LogP contribution in [-0.2, 0) is 6.54 Å². The summed E-state index contributed by atoms with van der Waals surface area (Å²) in [5, 5.41) is 0. The van der Waals surface area contributed by atoms with Gasteiger partial charge in [0.15, 0.2) is 5.82 Å². The first-order valence-corrected chi connectivity index (χ1v) is 8.19. The second-order valence-corrected chi connectivity index (χ2v) is 5.92. The van der Waals surface area contributed by atoms with Gasteiger partial charge < -0.3 is 9.47 Å². The molecule has 1 aliphatic heterocycles. The molecule has 2 heterocycles. The number of hydrogen-bond acceptors (Lipinski definition) is 2. The fourth-order valence-electron chi connectivity index (χ4n) is 3.01. The number of likely N-dealkylation sites (tertiary alicyclic amines) is 1. The molecule has 0 saturated carbocycles. The molecule has 0 unspecified atom stereocenters. The monoisotopic (exact) mass is 297 g/mol. The summed E-state index contributed by atoms with van der Waals surface area (Å²) in [6.07, 6.45) is 9.57. The number of carbonyl (C=O) groups excluding carboxylic acids is 1. The highest BCUT2D eigenvalue weighted by Gasteiger charge is 2.20. The molecular formula is C18H23N3O. The standard InChI is InChI=1S/C18H23N3O/c22-18(20-12-7-2-1-3-8-13-20)17-19-11-14-21(17)15-16-9-5-4-6-10-16/h4-6,9-11,14H,1-3,7-8,12-13,15H2. The predicted molar refractivity (Wildman–Crippen MR) is 86.8 cm³/mol. The maximum absolute atomic E-state index is 12.8. The molecule has 1 aromatic heterocycles. The van der Waals surface area contributed by atoms with Gasteiger partial charge in [0.05, 0.1) is 0 Å². The molecule has 0 spiro atoms. The Morgan fingerprint density at radius 3 is 2.41 bits per heavy atom. The van der Waals surface area contributed by atoms with E-state index < -0.39 is 0 Å². The van der Waals surface area contributed by atoms with E-state index in [1.807, 2.05) is 33.9 Å². The zero-order valence-electron chi connectivity index (χ0n) is 12.9. The Hall–Kier alpha value is -2.10. The summed E-state index contributed by atoms with van der Waals surface area (Å²) >= 11 is 0. The van der Waals surface area contributed by atoms with Crippen LogP contribution in [0, 0.1) is 0 Å². The maximum atomic E-state index is 12.8. The Bertz CT molecular complexity index is 598. The average Bonchev–Trinajstić information content (AvgIpc) is 2.95. The first-order valence-electron chi connectivity index (χ1n) is 8.19. The molecule has 22 heavy (non-hydrogen) atoms. The third-order valence-electron chi connectivity index (χ3n) is 4.25. The number of hydrogen-bond donors (Lipinski definition) is 0. The molecule has 0 aliphatic carbocycles. The molecule has 0 N–H and O–H groups in total. The van der Waals surface area contributed by atoms with Gasteiger partial charge in [-0.1, -0.05) is 49.6 Å². The minimum atomic E-state index is 0.0721. The lowest BCUT2D eigenvalue weighted by Gasteiger charge is -2.24. The van der Waals surface area contributed by atoms with Crippen molar-refractivity contribution in [1.82, 2.24) is 14.5 Å². The first kappa shape index (κ1) is 14.8. The molecule has 0 bridgehead atoms. The Morgan fingerprint density at radius 2 is 1.68 bits per heavy atom. The van der Waals surface area contributed by atoms with Crippen LogP contribution < -0.4 is 0 Å². The van der Waals surface area contributed by atoms with Gasteiger partial charge in [0.25, 0.3) is 5.91 Å². The predicted octanol–water partition coefficient (Wildman–Crippen LogP) is 3.34. The number of rotatable bonds is 3. The van der Waals surface area contributed by atoms with E-state index in [-0.39, 0.29) is 5.91 Å². The lowest BCUT2D eigenvalue weighted by molar-refractivity contribution is 0.0725. The van der Waals surface area contributed by atoms with Crippen LogP contribution in [0.3, 0.4) is 0 Å². The zero-order chi connectivity index (χ0) is 15.2. The van der Waals surface area contributed by atoms with E-state index in [1.165, 1.54) is 24.8 Å². The highest BCUT2D eigenvalue weighted by Crippen LogP contribution is 2.14. The molecule has 0 radical (unpaired) electrons. The average molecular weight is 297 g/mol. The highest BCUT2D eigenvalue weighted by molar-refractivity contribution is 5.90. The normalized spacial score (nSPS) is 16.1. The highest BCUT2D eigenvalue weighted by atomic mass is 16.2. The van der Waals surface area contributed by atoms with Crippen LogP contribution >= 0.6 is 0 Å². The fraction of sp³-hybridized carbons (Fsp3) is 0.444. The van der Waals surface area contributed by atoms with Gasteiger partial charge in [-0.05, 0) is 18.4 Å². The summed E-state index contributed by atoms with van der Waals surface area (Å²) in [7, 11) is 0. The molecule has 1 fully saturated rings. The van der Waals surface area contributed by atoms with Crippen molar-refractivity contribution in [1.29, 1.82) is 0 Å². The second-order valence-electron chi connectivity index (χ2n) is 5.92. The Kier molecular flexibility index (Phi) is 4.88. The van der Waals surface area contributed by atoms with Crippen molar-refractivity contribution in [3.63, 3.8) is 0 Å². The van der Waals surface area contributed by atoms with Crippen LogP contribution in [0.1, 0.15) is 48.3 Å². The number of nitrogens with zero attached hydrogens (tertiary/aromatic N) is 3. The van der Waals surface area contributed by atoms with E-state index in [4.69, 9.17) is 0 Å². The van der Waals surface area contributed by atoms with Crippen molar-refractivity contribution in [3.05, 3.63) is 54.1 Å². The number of imidazole rings is 1. The van der Waals surface area contributed by atoms with Crippen LogP contribution in [0.4, 0.5) is 0 Å². The van der Waals surface area contributed by atoms with Gasteiger partial charge in [-0.15, -0.1) is 0 Å². The molecular weight excluding hydrogens is 274 g/mol. The number of carbonyl (C=O) groups is 1. The topological polar surface area (TPSA) is 38.1 Å². The molecule has 116 valence electrons. The lowest BCUT2D eigenvalue weighted by Crippen LogP contribution is -2.35. The van der Waals surface area contributed by atoms with E-state index in [1.54, 1.807) is 6.20 Å². The van der Waals surface area contributed by atoms with Crippen molar-refractivity contribution in [2.75, 3.05) is 13.1 Å². The van der Waals surface area contributed by atoms with Crippen LogP contribution in [-0.4, -0.2) is 33.4 Å². The zero-order valence-corrected chi connectivity index (χ0v) is 12.9. The summed E-state index contributed by atoms with van der Waals surface area (Å²) in [4.78, 5) is 19.1. The Balaban J connectivity index is 1.74. The van der Waals surface area contributed by atoms with E-state index in [2.05, 4.69) is 17.1 Å². The van der Waals surface area contributed by atoms with Crippen molar-refractivity contribution in [2.24, 2.45) is 0 Å². The quantitative estimate of drug-likeness (QED) is 0.871. The fourth-order valence-corrected chi connectivity index (χ4v) is 3.01. The summed E-state index contributed by atoms with van der Waals surface area (Å²) in [5.74, 6) is 0.632. The van der Waals surface area contributed by atoms with E-state index in [0.717, 1.165) is 25.9 Å². The molecule has 4 heteroatoms. The minimum Gasteiger partial charge on any atom is -0.336 e. The number of benzene rings is 1. The molecule has 1 saturated heterocycles. The van der Waals surface area contributed by atoms with Crippen molar-refractivity contribution in [2.45, 2.75) is 38.6 Å². The lowest BCUT2D eigenvalue weighted by atomic mass is 10.1. The van der Waals surface area contributed by atoms with Gasteiger partial charge in [0, 0.05) is 32.0 Å².